The van der Waals surface area contributed by atoms with Crippen LogP contribution in [0.3, 0.4) is 0 Å². The van der Waals surface area contributed by atoms with E-state index in [1.54, 1.807) is 0 Å². The summed E-state index contributed by atoms with van der Waals surface area (Å²) in [7, 11) is 0. The lowest BCUT2D eigenvalue weighted by atomic mass is 10.1. The second kappa shape index (κ2) is 12.1. The van der Waals surface area contributed by atoms with Crippen molar-refractivity contribution < 1.29 is 24.5 Å². The van der Waals surface area contributed by atoms with Crippen LogP contribution in [0.4, 0.5) is 0 Å². The zero-order chi connectivity index (χ0) is 17.0. The van der Waals surface area contributed by atoms with Crippen molar-refractivity contribution in [1.29, 1.82) is 0 Å². The fraction of sp³-hybridized carbons (Fsp3) is 0.647. The summed E-state index contributed by atoms with van der Waals surface area (Å²) in [6.45, 7) is 5.41. The van der Waals surface area contributed by atoms with Gasteiger partial charge in [-0.15, -0.1) is 0 Å². The van der Waals surface area contributed by atoms with Gasteiger partial charge in [0.15, 0.2) is 0 Å². The smallest absolute Gasteiger partial charge is 0.313 e. The minimum Gasteiger partial charge on any atom is -0.463 e. The molecule has 0 bridgehead atoms. The molecule has 0 aromatic carbocycles. The maximum Gasteiger partial charge on any atom is 0.313 e. The van der Waals surface area contributed by atoms with Crippen molar-refractivity contribution in [3.05, 3.63) is 23.3 Å². The number of ether oxygens (including phenoxy) is 1. The Morgan fingerprint density at radius 2 is 1.73 bits per heavy atom. The largest absolute Gasteiger partial charge is 0.463 e. The van der Waals surface area contributed by atoms with Crippen molar-refractivity contribution >= 4 is 11.8 Å². The van der Waals surface area contributed by atoms with Crippen LogP contribution in [0.15, 0.2) is 23.3 Å². The Morgan fingerprint density at radius 3 is 2.32 bits per heavy atom. The summed E-state index contributed by atoms with van der Waals surface area (Å²) in [5.41, 5.74) is 2.53. The number of carbonyl (C=O) groups is 2. The van der Waals surface area contributed by atoms with Gasteiger partial charge >= 0.3 is 5.97 Å². The Labute approximate surface area is 132 Å². The van der Waals surface area contributed by atoms with Crippen LogP contribution in [0.5, 0.6) is 0 Å². The van der Waals surface area contributed by atoms with E-state index in [2.05, 4.69) is 24.7 Å². The predicted octanol–water partition coefficient (Wildman–Crippen LogP) is 2.31. The number of aliphatic hydroxyl groups is 2. The van der Waals surface area contributed by atoms with Gasteiger partial charge in [0.25, 0.3) is 0 Å². The molecule has 1 unspecified atom stereocenters. The highest BCUT2D eigenvalue weighted by molar-refractivity contribution is 5.95. The lowest BCUT2D eigenvalue weighted by molar-refractivity contribution is -0.149. The molecule has 2 N–H and O–H groups in total. The zero-order valence-electron chi connectivity index (χ0n) is 13.8. The monoisotopic (exact) mass is 312 g/mol. The van der Waals surface area contributed by atoms with E-state index in [4.69, 9.17) is 10.2 Å². The van der Waals surface area contributed by atoms with E-state index in [0.29, 0.717) is 12.8 Å². The molecule has 0 aliphatic heterocycles. The maximum atomic E-state index is 11.6. The third-order valence-electron chi connectivity index (χ3n) is 3.00. The summed E-state index contributed by atoms with van der Waals surface area (Å²) in [5, 5.41) is 17.6. The lowest BCUT2D eigenvalue weighted by Crippen LogP contribution is -2.23. The molecule has 0 heterocycles. The highest BCUT2D eigenvalue weighted by Crippen LogP contribution is 2.09. The van der Waals surface area contributed by atoms with Crippen molar-refractivity contribution in [1.82, 2.24) is 0 Å². The molecule has 0 rings (SSSR count). The van der Waals surface area contributed by atoms with Gasteiger partial charge in [-0.2, -0.15) is 0 Å². The summed E-state index contributed by atoms with van der Waals surface area (Å²) in [6.07, 6.45) is 5.72. The van der Waals surface area contributed by atoms with Crippen LogP contribution in [-0.2, 0) is 14.3 Å². The molecule has 0 amide bonds. The second-order valence-electron chi connectivity index (χ2n) is 5.64. The van der Waals surface area contributed by atoms with Crippen molar-refractivity contribution in [3.63, 3.8) is 0 Å². The number of carbonyl (C=O) groups excluding carboxylic acids is 2. The number of aliphatic hydroxyl groups excluding tert-OH is 2. The Morgan fingerprint density at radius 1 is 1.09 bits per heavy atom. The second-order valence-corrected chi connectivity index (χ2v) is 5.64. The van der Waals surface area contributed by atoms with Crippen LogP contribution < -0.4 is 0 Å². The SMILES string of the molecule is CC(C)=CCC/C(C)=C/CCC(=O)CC(=O)OCC(O)CO. The van der Waals surface area contributed by atoms with Gasteiger partial charge in [-0.1, -0.05) is 23.3 Å². The molecule has 0 fully saturated rings. The first-order valence-corrected chi connectivity index (χ1v) is 7.60. The van der Waals surface area contributed by atoms with Gasteiger partial charge in [0.05, 0.1) is 6.61 Å². The number of ketones is 1. The van der Waals surface area contributed by atoms with Crippen LogP contribution in [-0.4, -0.2) is 41.3 Å². The van der Waals surface area contributed by atoms with Gasteiger partial charge < -0.3 is 14.9 Å². The van der Waals surface area contributed by atoms with E-state index in [1.165, 1.54) is 11.1 Å². The Kier molecular flexibility index (Phi) is 11.3. The first kappa shape index (κ1) is 20.5. The topological polar surface area (TPSA) is 83.8 Å². The fourth-order valence-electron chi connectivity index (χ4n) is 1.71. The molecule has 5 nitrogen and oxygen atoms in total. The summed E-state index contributed by atoms with van der Waals surface area (Å²) < 4.78 is 4.68. The van der Waals surface area contributed by atoms with E-state index in [-0.39, 0.29) is 18.8 Å². The molecule has 126 valence electrons. The van der Waals surface area contributed by atoms with Crippen molar-refractivity contribution in [2.24, 2.45) is 0 Å². The van der Waals surface area contributed by atoms with Crippen LogP contribution in [0.25, 0.3) is 0 Å². The van der Waals surface area contributed by atoms with Gasteiger partial charge in [-0.3, -0.25) is 9.59 Å². The van der Waals surface area contributed by atoms with Crippen LogP contribution >= 0.6 is 0 Å². The molecule has 0 spiro atoms. The highest BCUT2D eigenvalue weighted by Gasteiger charge is 2.12. The standard InChI is InChI=1S/C17H28O5/c1-13(2)6-4-7-14(3)8-5-9-15(19)10-17(21)22-12-16(20)11-18/h6,8,16,18,20H,4-5,7,9-12H2,1-3H3/b14-8+. The average Bonchev–Trinajstić information content (AvgIpc) is 2.44. The van der Waals surface area contributed by atoms with Gasteiger partial charge in [-0.05, 0) is 40.0 Å². The number of hydrogen-bond acceptors (Lipinski definition) is 5. The molecule has 0 radical (unpaired) electrons. The molecule has 1 atom stereocenters. The Bertz CT molecular complexity index is 405. The highest BCUT2D eigenvalue weighted by atomic mass is 16.5. The number of hydrogen-bond donors (Lipinski definition) is 2. The van der Waals surface area contributed by atoms with Crippen LogP contribution in [0, 0.1) is 0 Å². The minimum absolute atomic E-state index is 0.183. The number of allylic oxidation sites excluding steroid dienone is 4. The summed E-state index contributed by atoms with van der Waals surface area (Å²) in [6, 6.07) is 0. The molecule has 22 heavy (non-hydrogen) atoms. The van der Waals surface area contributed by atoms with E-state index in [9.17, 15) is 9.59 Å². The van der Waals surface area contributed by atoms with Crippen LogP contribution in [0.2, 0.25) is 0 Å². The zero-order valence-corrected chi connectivity index (χ0v) is 13.8. The fourth-order valence-corrected chi connectivity index (χ4v) is 1.71. The quantitative estimate of drug-likeness (QED) is 0.347. The van der Waals surface area contributed by atoms with E-state index < -0.39 is 18.7 Å². The summed E-state index contributed by atoms with van der Waals surface area (Å²) in [5.74, 6) is -0.849. The third kappa shape index (κ3) is 12.3. The van der Waals surface area contributed by atoms with Crippen LogP contribution in [0.1, 0.15) is 52.9 Å². The minimum atomic E-state index is -1.09. The van der Waals surface area contributed by atoms with E-state index in [1.807, 2.05) is 13.0 Å². The Hall–Kier alpha value is -1.46. The molecule has 0 aromatic rings. The molecule has 0 saturated heterocycles. The van der Waals surface area contributed by atoms with Gasteiger partial charge in [0, 0.05) is 6.42 Å². The van der Waals surface area contributed by atoms with Crippen molar-refractivity contribution in [2.45, 2.75) is 59.0 Å². The molecule has 0 aromatic heterocycles. The normalized spacial score (nSPS) is 12.7. The van der Waals surface area contributed by atoms with E-state index >= 15 is 0 Å². The molecule has 0 aliphatic carbocycles. The van der Waals surface area contributed by atoms with Gasteiger partial charge in [0.2, 0.25) is 0 Å². The number of Topliss-reactive ketones (excluding diaryl/α,β-unsaturated/α-hetero) is 1. The first-order chi connectivity index (χ1) is 10.3. The maximum absolute atomic E-state index is 11.6. The van der Waals surface area contributed by atoms with Gasteiger partial charge in [0.1, 0.15) is 24.9 Å². The van der Waals surface area contributed by atoms with Crippen molar-refractivity contribution in [2.75, 3.05) is 13.2 Å². The lowest BCUT2D eigenvalue weighted by Gasteiger charge is -2.07. The van der Waals surface area contributed by atoms with E-state index in [0.717, 1.165) is 12.8 Å². The molecule has 0 saturated carbocycles. The molecule has 5 heteroatoms. The van der Waals surface area contributed by atoms with Gasteiger partial charge in [-0.25, -0.2) is 0 Å². The number of esters is 1. The first-order valence-electron chi connectivity index (χ1n) is 7.60. The predicted molar refractivity (Wildman–Crippen MR) is 85.3 cm³/mol. The average molecular weight is 312 g/mol. The molecular formula is C17H28O5. The summed E-state index contributed by atoms with van der Waals surface area (Å²) >= 11 is 0. The van der Waals surface area contributed by atoms with Crippen molar-refractivity contribution in [3.8, 4) is 0 Å². The molecule has 0 aliphatic rings. The summed E-state index contributed by atoms with van der Waals surface area (Å²) in [4.78, 5) is 22.9. The third-order valence-corrected chi connectivity index (χ3v) is 3.00. The molecular weight excluding hydrogens is 284 g/mol. The Balaban J connectivity index is 3.88. The number of rotatable bonds is 11.